The summed E-state index contributed by atoms with van der Waals surface area (Å²) in [6.45, 7) is 0.698. The average Bonchev–Trinajstić information content (AvgIpc) is 2.27. The van der Waals surface area contributed by atoms with Crippen LogP contribution in [-0.4, -0.2) is 23.5 Å². The van der Waals surface area contributed by atoms with Crippen LogP contribution in [0.5, 0.6) is 0 Å². The lowest BCUT2D eigenvalue weighted by Crippen LogP contribution is -2.21. The summed E-state index contributed by atoms with van der Waals surface area (Å²) < 4.78 is 0. The van der Waals surface area contributed by atoms with Gasteiger partial charge >= 0.3 is 5.97 Å². The fourth-order valence-electron chi connectivity index (χ4n) is 1.60. The van der Waals surface area contributed by atoms with Crippen LogP contribution in [0.1, 0.15) is 32.1 Å². The van der Waals surface area contributed by atoms with Gasteiger partial charge in [0.1, 0.15) is 0 Å². The molecule has 4 nitrogen and oxygen atoms in total. The lowest BCUT2D eigenvalue weighted by atomic mass is 9.95. The molecular formula is C9H15NO3. The maximum atomic E-state index is 10.9. The van der Waals surface area contributed by atoms with E-state index in [1.807, 2.05) is 0 Å². The SMILES string of the molecule is O=C(O)CC[C@H]1CCNC(=O)CC1. The number of rotatable bonds is 3. The summed E-state index contributed by atoms with van der Waals surface area (Å²) in [5.41, 5.74) is 0. The van der Waals surface area contributed by atoms with Gasteiger partial charge in [0.25, 0.3) is 0 Å². The van der Waals surface area contributed by atoms with Gasteiger partial charge in [-0.1, -0.05) is 0 Å². The van der Waals surface area contributed by atoms with Crippen LogP contribution in [0.25, 0.3) is 0 Å². The van der Waals surface area contributed by atoms with Crippen molar-refractivity contribution >= 4 is 11.9 Å². The molecule has 0 unspecified atom stereocenters. The van der Waals surface area contributed by atoms with E-state index < -0.39 is 5.97 Å². The molecule has 1 atom stereocenters. The Bertz CT molecular complexity index is 203. The van der Waals surface area contributed by atoms with E-state index in [0.29, 0.717) is 25.3 Å². The molecule has 0 aromatic rings. The lowest BCUT2D eigenvalue weighted by molar-refractivity contribution is -0.137. The number of aliphatic carboxylic acids is 1. The van der Waals surface area contributed by atoms with Crippen LogP contribution in [0.2, 0.25) is 0 Å². The standard InChI is InChI=1S/C9H15NO3/c11-8-3-1-7(5-6-10-8)2-4-9(12)13/h7H,1-6H2,(H,10,11)(H,12,13)/t7-/m0/s1. The molecule has 1 saturated heterocycles. The number of hydrogen-bond acceptors (Lipinski definition) is 2. The highest BCUT2D eigenvalue weighted by Gasteiger charge is 2.16. The van der Waals surface area contributed by atoms with Gasteiger partial charge in [0.2, 0.25) is 5.91 Å². The van der Waals surface area contributed by atoms with Crippen molar-refractivity contribution in [3.63, 3.8) is 0 Å². The number of hydrogen-bond donors (Lipinski definition) is 2. The highest BCUT2D eigenvalue weighted by atomic mass is 16.4. The van der Waals surface area contributed by atoms with Gasteiger partial charge in [0.05, 0.1) is 0 Å². The highest BCUT2D eigenvalue weighted by molar-refractivity contribution is 5.76. The second-order valence-electron chi connectivity index (χ2n) is 3.48. The molecule has 0 saturated carbocycles. The largest absolute Gasteiger partial charge is 0.481 e. The molecule has 0 spiro atoms. The fraction of sp³-hybridized carbons (Fsp3) is 0.778. The van der Waals surface area contributed by atoms with E-state index in [1.165, 1.54) is 0 Å². The number of carboxylic acids is 1. The molecule has 74 valence electrons. The first-order chi connectivity index (χ1) is 6.18. The Balaban J connectivity index is 2.25. The van der Waals surface area contributed by atoms with Crippen molar-refractivity contribution in [2.24, 2.45) is 5.92 Å². The average molecular weight is 185 g/mol. The first-order valence-corrected chi connectivity index (χ1v) is 4.67. The molecular weight excluding hydrogens is 170 g/mol. The zero-order valence-corrected chi connectivity index (χ0v) is 7.58. The molecule has 0 aromatic carbocycles. The summed E-state index contributed by atoms with van der Waals surface area (Å²) in [4.78, 5) is 21.2. The van der Waals surface area contributed by atoms with E-state index >= 15 is 0 Å². The van der Waals surface area contributed by atoms with Crippen molar-refractivity contribution in [1.29, 1.82) is 0 Å². The van der Waals surface area contributed by atoms with Gasteiger partial charge in [-0.25, -0.2) is 0 Å². The molecule has 0 radical (unpaired) electrons. The molecule has 0 bridgehead atoms. The molecule has 1 heterocycles. The Hall–Kier alpha value is -1.06. The van der Waals surface area contributed by atoms with Gasteiger partial charge in [-0.2, -0.15) is 0 Å². The Morgan fingerprint density at radius 1 is 1.54 bits per heavy atom. The topological polar surface area (TPSA) is 66.4 Å². The van der Waals surface area contributed by atoms with Crippen molar-refractivity contribution in [1.82, 2.24) is 5.32 Å². The van der Waals surface area contributed by atoms with Crippen molar-refractivity contribution in [2.75, 3.05) is 6.54 Å². The maximum absolute atomic E-state index is 10.9. The molecule has 4 heteroatoms. The van der Waals surface area contributed by atoms with E-state index in [9.17, 15) is 9.59 Å². The van der Waals surface area contributed by atoms with Gasteiger partial charge in [-0.3, -0.25) is 9.59 Å². The zero-order chi connectivity index (χ0) is 9.68. The number of carboxylic acid groups (broad SMARTS) is 1. The molecule has 1 amide bonds. The van der Waals surface area contributed by atoms with Crippen molar-refractivity contribution in [3.05, 3.63) is 0 Å². The Kier molecular flexibility index (Phi) is 3.73. The van der Waals surface area contributed by atoms with Crippen LogP contribution >= 0.6 is 0 Å². The predicted molar refractivity (Wildman–Crippen MR) is 47.2 cm³/mol. The molecule has 1 rings (SSSR count). The van der Waals surface area contributed by atoms with E-state index in [0.717, 1.165) is 12.8 Å². The zero-order valence-electron chi connectivity index (χ0n) is 7.58. The second-order valence-corrected chi connectivity index (χ2v) is 3.48. The van der Waals surface area contributed by atoms with Crippen LogP contribution in [-0.2, 0) is 9.59 Å². The lowest BCUT2D eigenvalue weighted by Gasteiger charge is -2.10. The minimum absolute atomic E-state index is 0.0952. The second kappa shape index (κ2) is 4.84. The molecule has 0 aromatic heterocycles. The Morgan fingerprint density at radius 2 is 2.31 bits per heavy atom. The smallest absolute Gasteiger partial charge is 0.303 e. The van der Waals surface area contributed by atoms with Crippen LogP contribution in [0.3, 0.4) is 0 Å². The Morgan fingerprint density at radius 3 is 3.00 bits per heavy atom. The number of carbonyl (C=O) groups is 2. The third-order valence-corrected chi connectivity index (χ3v) is 2.42. The molecule has 2 N–H and O–H groups in total. The monoisotopic (exact) mass is 185 g/mol. The normalized spacial score (nSPS) is 23.4. The van der Waals surface area contributed by atoms with Crippen LogP contribution in [0.4, 0.5) is 0 Å². The van der Waals surface area contributed by atoms with E-state index in [4.69, 9.17) is 5.11 Å². The molecule has 0 aliphatic carbocycles. The summed E-state index contributed by atoms with van der Waals surface area (Å²) in [6.07, 6.45) is 3.21. The van der Waals surface area contributed by atoms with Gasteiger partial charge < -0.3 is 10.4 Å². The fourth-order valence-corrected chi connectivity index (χ4v) is 1.60. The van der Waals surface area contributed by atoms with E-state index in [-0.39, 0.29) is 12.3 Å². The van der Waals surface area contributed by atoms with Gasteiger partial charge in [0, 0.05) is 19.4 Å². The molecule has 1 aliphatic heterocycles. The first kappa shape index (κ1) is 10.0. The minimum atomic E-state index is -0.747. The molecule has 1 fully saturated rings. The van der Waals surface area contributed by atoms with Crippen LogP contribution in [0, 0.1) is 5.92 Å². The first-order valence-electron chi connectivity index (χ1n) is 4.67. The third kappa shape index (κ3) is 3.92. The number of nitrogens with one attached hydrogen (secondary N) is 1. The quantitative estimate of drug-likeness (QED) is 0.682. The summed E-state index contributed by atoms with van der Waals surface area (Å²) in [5, 5.41) is 11.3. The third-order valence-electron chi connectivity index (χ3n) is 2.42. The van der Waals surface area contributed by atoms with Crippen molar-refractivity contribution in [3.8, 4) is 0 Å². The van der Waals surface area contributed by atoms with Crippen molar-refractivity contribution < 1.29 is 14.7 Å². The van der Waals surface area contributed by atoms with Gasteiger partial charge in [-0.15, -0.1) is 0 Å². The summed E-state index contributed by atoms with van der Waals surface area (Å²) in [7, 11) is 0. The predicted octanol–water partition coefficient (Wildman–Crippen LogP) is 0.767. The number of carbonyl (C=O) groups excluding carboxylic acids is 1. The molecule has 13 heavy (non-hydrogen) atoms. The summed E-state index contributed by atoms with van der Waals surface area (Å²) in [5.74, 6) is -0.253. The van der Waals surface area contributed by atoms with Gasteiger partial charge in [-0.05, 0) is 25.2 Å². The summed E-state index contributed by atoms with van der Waals surface area (Å²) in [6, 6.07) is 0. The highest BCUT2D eigenvalue weighted by Crippen LogP contribution is 2.19. The Labute approximate surface area is 77.3 Å². The van der Waals surface area contributed by atoms with Crippen LogP contribution < -0.4 is 5.32 Å². The van der Waals surface area contributed by atoms with E-state index in [1.54, 1.807) is 0 Å². The molecule has 1 aliphatic rings. The maximum Gasteiger partial charge on any atom is 0.303 e. The van der Waals surface area contributed by atoms with Gasteiger partial charge in [0.15, 0.2) is 0 Å². The van der Waals surface area contributed by atoms with Crippen LogP contribution in [0.15, 0.2) is 0 Å². The van der Waals surface area contributed by atoms with Crippen molar-refractivity contribution in [2.45, 2.75) is 32.1 Å². The van der Waals surface area contributed by atoms with E-state index in [2.05, 4.69) is 5.32 Å². The summed E-state index contributed by atoms with van der Waals surface area (Å²) >= 11 is 0. The number of amides is 1. The minimum Gasteiger partial charge on any atom is -0.481 e.